The molecule has 6 nitrogen and oxygen atoms in total. The third-order valence-electron chi connectivity index (χ3n) is 3.50. The number of aryl methyl sites for hydroxylation is 1. The predicted octanol–water partition coefficient (Wildman–Crippen LogP) is 1.97. The summed E-state index contributed by atoms with van der Waals surface area (Å²) >= 11 is 1.69. The Kier molecular flexibility index (Phi) is 4.19. The van der Waals surface area contributed by atoms with Crippen LogP contribution in [0.25, 0.3) is 0 Å². The van der Waals surface area contributed by atoms with Crippen molar-refractivity contribution in [3.8, 4) is 5.88 Å². The van der Waals surface area contributed by atoms with Crippen LogP contribution >= 0.6 is 11.3 Å². The molecule has 7 heteroatoms. The van der Waals surface area contributed by atoms with Gasteiger partial charge in [0, 0.05) is 49.5 Å². The molecule has 3 rings (SSSR count). The van der Waals surface area contributed by atoms with Crippen molar-refractivity contribution in [2.24, 2.45) is 0 Å². The topological polar surface area (TPSA) is 54.4 Å². The number of rotatable bonds is 3. The van der Waals surface area contributed by atoms with E-state index in [1.165, 1.54) is 0 Å². The zero-order chi connectivity index (χ0) is 14.7. The molecule has 2 aromatic rings. The summed E-state index contributed by atoms with van der Waals surface area (Å²) < 4.78 is 5.24. The number of anilines is 2. The Hall–Kier alpha value is -1.89. The van der Waals surface area contributed by atoms with Crippen LogP contribution in [0.4, 0.5) is 11.1 Å². The van der Waals surface area contributed by atoms with Crippen LogP contribution in [-0.2, 0) is 0 Å². The molecule has 0 saturated carbocycles. The van der Waals surface area contributed by atoms with Crippen molar-refractivity contribution in [1.82, 2.24) is 15.0 Å². The third kappa shape index (κ3) is 3.24. The Morgan fingerprint density at radius 1 is 1.14 bits per heavy atom. The number of thiazole rings is 1. The monoisotopic (exact) mass is 305 g/mol. The average molecular weight is 305 g/mol. The first-order valence-electron chi connectivity index (χ1n) is 7.05. The Balaban J connectivity index is 1.74. The van der Waals surface area contributed by atoms with Crippen LogP contribution in [0.15, 0.2) is 17.6 Å². The molecule has 1 aliphatic heterocycles. The van der Waals surface area contributed by atoms with Crippen molar-refractivity contribution in [3.63, 3.8) is 0 Å². The highest BCUT2D eigenvalue weighted by molar-refractivity contribution is 7.13. The fourth-order valence-corrected chi connectivity index (χ4v) is 3.15. The number of ether oxygens (including phenoxy) is 1. The predicted molar refractivity (Wildman–Crippen MR) is 84.5 cm³/mol. The summed E-state index contributed by atoms with van der Waals surface area (Å²) in [7, 11) is 1.64. The van der Waals surface area contributed by atoms with E-state index >= 15 is 0 Å². The van der Waals surface area contributed by atoms with Gasteiger partial charge in [-0.15, -0.1) is 11.3 Å². The lowest BCUT2D eigenvalue weighted by Gasteiger charge is -2.22. The van der Waals surface area contributed by atoms with Crippen LogP contribution in [0.2, 0.25) is 0 Å². The molecule has 0 radical (unpaired) electrons. The minimum atomic E-state index is 0.624. The van der Waals surface area contributed by atoms with Crippen molar-refractivity contribution in [1.29, 1.82) is 0 Å². The maximum Gasteiger partial charge on any atom is 0.228 e. The molecule has 0 aromatic carbocycles. The summed E-state index contributed by atoms with van der Waals surface area (Å²) in [5.41, 5.74) is 0.929. The van der Waals surface area contributed by atoms with E-state index in [1.807, 2.05) is 24.6 Å². The first-order valence-corrected chi connectivity index (χ1v) is 7.93. The van der Waals surface area contributed by atoms with Crippen molar-refractivity contribution >= 4 is 22.4 Å². The minimum Gasteiger partial charge on any atom is -0.481 e. The molecule has 0 aliphatic carbocycles. The lowest BCUT2D eigenvalue weighted by Crippen LogP contribution is -2.31. The molecule has 1 aliphatic rings. The molecule has 0 spiro atoms. The summed E-state index contributed by atoms with van der Waals surface area (Å²) in [6.07, 6.45) is 2.93. The minimum absolute atomic E-state index is 0.624. The summed E-state index contributed by atoms with van der Waals surface area (Å²) in [6, 6.07) is 1.85. The second-order valence-electron chi connectivity index (χ2n) is 4.99. The quantitative estimate of drug-likeness (QED) is 0.864. The van der Waals surface area contributed by atoms with E-state index in [9.17, 15) is 0 Å². The van der Waals surface area contributed by atoms with Gasteiger partial charge in [-0.1, -0.05) is 0 Å². The second-order valence-corrected chi connectivity index (χ2v) is 5.87. The van der Waals surface area contributed by atoms with Gasteiger partial charge in [0.25, 0.3) is 0 Å². The normalized spacial score (nSPS) is 15.9. The Bertz CT molecular complexity index is 589. The van der Waals surface area contributed by atoms with Crippen LogP contribution < -0.4 is 14.5 Å². The van der Waals surface area contributed by atoms with E-state index in [1.54, 1.807) is 18.4 Å². The molecule has 0 bridgehead atoms. The molecule has 0 amide bonds. The molecule has 1 saturated heterocycles. The summed E-state index contributed by atoms with van der Waals surface area (Å²) in [5.74, 6) is 1.38. The van der Waals surface area contributed by atoms with Crippen molar-refractivity contribution in [3.05, 3.63) is 23.3 Å². The SMILES string of the molecule is COc1cc(C)nc(N2CCCN(c3nccs3)CC2)n1. The van der Waals surface area contributed by atoms with Crippen LogP contribution in [0.5, 0.6) is 5.88 Å². The Labute approximate surface area is 128 Å². The number of nitrogens with zero attached hydrogens (tertiary/aromatic N) is 5. The fraction of sp³-hybridized carbons (Fsp3) is 0.500. The molecular formula is C14H19N5OS. The van der Waals surface area contributed by atoms with E-state index in [2.05, 4.69) is 24.8 Å². The van der Waals surface area contributed by atoms with Gasteiger partial charge in [-0.3, -0.25) is 0 Å². The van der Waals surface area contributed by atoms with E-state index in [-0.39, 0.29) is 0 Å². The standard InChI is InChI=1S/C14H19N5OS/c1-11-10-12(20-2)17-13(16-11)18-5-3-6-19(8-7-18)14-15-4-9-21-14/h4,9-10H,3,5-8H2,1-2H3. The molecule has 0 N–H and O–H groups in total. The average Bonchev–Trinajstić information content (AvgIpc) is 2.91. The zero-order valence-electron chi connectivity index (χ0n) is 12.3. The summed E-state index contributed by atoms with van der Waals surface area (Å²) in [5, 5.41) is 3.12. The smallest absolute Gasteiger partial charge is 0.228 e. The Morgan fingerprint density at radius 2 is 1.95 bits per heavy atom. The van der Waals surface area contributed by atoms with E-state index in [4.69, 9.17) is 4.74 Å². The highest BCUT2D eigenvalue weighted by atomic mass is 32.1. The fourth-order valence-electron chi connectivity index (χ4n) is 2.45. The number of hydrogen-bond acceptors (Lipinski definition) is 7. The highest BCUT2D eigenvalue weighted by Crippen LogP contribution is 2.21. The Morgan fingerprint density at radius 3 is 2.71 bits per heavy atom. The van der Waals surface area contributed by atoms with Crippen LogP contribution in [0, 0.1) is 6.92 Å². The molecule has 3 heterocycles. The van der Waals surface area contributed by atoms with Gasteiger partial charge >= 0.3 is 0 Å². The largest absolute Gasteiger partial charge is 0.481 e. The van der Waals surface area contributed by atoms with Gasteiger partial charge in [-0.25, -0.2) is 9.97 Å². The maximum absolute atomic E-state index is 5.24. The lowest BCUT2D eigenvalue weighted by molar-refractivity contribution is 0.396. The van der Waals surface area contributed by atoms with Crippen LogP contribution in [0.3, 0.4) is 0 Å². The van der Waals surface area contributed by atoms with Gasteiger partial charge in [-0.05, 0) is 13.3 Å². The van der Waals surface area contributed by atoms with Gasteiger partial charge in [-0.2, -0.15) is 4.98 Å². The van der Waals surface area contributed by atoms with Crippen LogP contribution in [-0.4, -0.2) is 48.2 Å². The zero-order valence-corrected chi connectivity index (χ0v) is 13.1. The first-order chi connectivity index (χ1) is 10.3. The lowest BCUT2D eigenvalue weighted by atomic mass is 10.4. The molecule has 1 fully saturated rings. The highest BCUT2D eigenvalue weighted by Gasteiger charge is 2.19. The molecule has 0 atom stereocenters. The third-order valence-corrected chi connectivity index (χ3v) is 4.33. The van der Waals surface area contributed by atoms with Crippen molar-refractivity contribution in [2.75, 3.05) is 43.1 Å². The van der Waals surface area contributed by atoms with Gasteiger partial charge in [0.15, 0.2) is 5.13 Å². The molecule has 21 heavy (non-hydrogen) atoms. The van der Waals surface area contributed by atoms with Gasteiger partial charge < -0.3 is 14.5 Å². The number of hydrogen-bond donors (Lipinski definition) is 0. The van der Waals surface area contributed by atoms with E-state index < -0.39 is 0 Å². The van der Waals surface area contributed by atoms with Crippen molar-refractivity contribution < 1.29 is 4.74 Å². The molecule has 2 aromatic heterocycles. The second kappa shape index (κ2) is 6.26. The van der Waals surface area contributed by atoms with Crippen LogP contribution in [0.1, 0.15) is 12.1 Å². The maximum atomic E-state index is 5.24. The summed E-state index contributed by atoms with van der Waals surface area (Å²) in [6.45, 7) is 5.77. The first kappa shape index (κ1) is 14.1. The van der Waals surface area contributed by atoms with Gasteiger partial charge in [0.1, 0.15) is 0 Å². The van der Waals surface area contributed by atoms with Gasteiger partial charge in [0.05, 0.1) is 7.11 Å². The summed E-state index contributed by atoms with van der Waals surface area (Å²) in [4.78, 5) is 18.0. The molecule has 112 valence electrons. The number of aromatic nitrogens is 3. The molecular weight excluding hydrogens is 286 g/mol. The van der Waals surface area contributed by atoms with Gasteiger partial charge in [0.2, 0.25) is 11.8 Å². The number of methoxy groups -OCH3 is 1. The van der Waals surface area contributed by atoms with Crippen molar-refractivity contribution in [2.45, 2.75) is 13.3 Å². The molecule has 0 unspecified atom stereocenters. The van der Waals surface area contributed by atoms with E-state index in [0.29, 0.717) is 5.88 Å². The van der Waals surface area contributed by atoms with E-state index in [0.717, 1.165) is 49.4 Å².